The fourth-order valence-electron chi connectivity index (χ4n) is 3.32. The predicted octanol–water partition coefficient (Wildman–Crippen LogP) is 3.11. The van der Waals surface area contributed by atoms with Crippen molar-refractivity contribution in [1.29, 1.82) is 0 Å². The lowest BCUT2D eigenvalue weighted by Gasteiger charge is -2.15. The van der Waals surface area contributed by atoms with E-state index >= 15 is 0 Å². The average molecular weight is 383 g/mol. The minimum absolute atomic E-state index is 0.274. The summed E-state index contributed by atoms with van der Waals surface area (Å²) < 4.78 is 11.0. The number of aromatic nitrogens is 4. The molecule has 3 saturated carbocycles. The molecule has 3 aliphatic carbocycles. The monoisotopic (exact) mass is 383 g/mol. The molecule has 0 unspecified atom stereocenters. The van der Waals surface area contributed by atoms with Crippen LogP contribution in [0.1, 0.15) is 84.8 Å². The Morgan fingerprint density at radius 3 is 2.64 bits per heavy atom. The molecule has 2 aromatic rings. The van der Waals surface area contributed by atoms with E-state index in [-0.39, 0.29) is 17.6 Å². The van der Waals surface area contributed by atoms with Crippen LogP contribution in [-0.4, -0.2) is 32.6 Å². The van der Waals surface area contributed by atoms with Crippen LogP contribution < -0.4 is 10.1 Å². The number of ether oxygens (including phenoxy) is 1. The summed E-state index contributed by atoms with van der Waals surface area (Å²) in [5.41, 5.74) is 1.16. The number of nitrogens with zero attached hydrogens (tertiary/aromatic N) is 4. The quantitative estimate of drug-likeness (QED) is 0.709. The maximum Gasteiger partial charge on any atom is 0.272 e. The van der Waals surface area contributed by atoms with Gasteiger partial charge in [-0.3, -0.25) is 9.78 Å². The van der Waals surface area contributed by atoms with Crippen LogP contribution in [0.2, 0.25) is 0 Å². The molecule has 1 amide bonds. The van der Waals surface area contributed by atoms with Crippen molar-refractivity contribution in [3.05, 3.63) is 29.3 Å². The molecule has 0 aliphatic heterocycles. The molecule has 3 aliphatic rings. The van der Waals surface area contributed by atoms with Crippen LogP contribution in [0, 0.1) is 18.8 Å². The van der Waals surface area contributed by atoms with Gasteiger partial charge in [0.1, 0.15) is 11.4 Å². The normalized spacial score (nSPS) is 20.0. The van der Waals surface area contributed by atoms with Gasteiger partial charge in [-0.2, -0.15) is 4.98 Å². The highest BCUT2D eigenvalue weighted by Crippen LogP contribution is 2.43. The van der Waals surface area contributed by atoms with E-state index in [0.717, 1.165) is 25.0 Å². The lowest BCUT2D eigenvalue weighted by molar-refractivity contribution is 0.0924. The van der Waals surface area contributed by atoms with Crippen LogP contribution >= 0.6 is 0 Å². The molecule has 0 saturated heterocycles. The molecule has 2 heterocycles. The number of carbonyl (C=O) groups excluding carboxylic acids is 1. The molecule has 0 aromatic carbocycles. The first-order chi connectivity index (χ1) is 13.7. The molecule has 3 fully saturated rings. The zero-order valence-electron chi connectivity index (χ0n) is 16.1. The van der Waals surface area contributed by atoms with Gasteiger partial charge in [0.2, 0.25) is 11.8 Å². The van der Waals surface area contributed by atoms with Crippen LogP contribution in [-0.2, 0) is 0 Å². The fraction of sp³-hybridized carbons (Fsp3) is 0.650. The van der Waals surface area contributed by atoms with Crippen molar-refractivity contribution in [2.45, 2.75) is 63.8 Å². The van der Waals surface area contributed by atoms with E-state index in [1.54, 1.807) is 13.1 Å². The zero-order valence-corrected chi connectivity index (χ0v) is 16.1. The molecule has 28 heavy (non-hydrogen) atoms. The highest BCUT2D eigenvalue weighted by atomic mass is 16.5. The number of nitrogens with one attached hydrogen (secondary N) is 1. The van der Waals surface area contributed by atoms with E-state index in [1.165, 1.54) is 25.7 Å². The summed E-state index contributed by atoms with van der Waals surface area (Å²) in [7, 11) is 0. The van der Waals surface area contributed by atoms with Crippen LogP contribution in [0.25, 0.3) is 0 Å². The summed E-state index contributed by atoms with van der Waals surface area (Å²) in [5.74, 6) is 2.90. The van der Waals surface area contributed by atoms with Crippen LogP contribution in [0.5, 0.6) is 5.88 Å². The predicted molar refractivity (Wildman–Crippen MR) is 98.8 cm³/mol. The Morgan fingerprint density at radius 2 is 2.00 bits per heavy atom. The Kier molecular flexibility index (Phi) is 4.49. The molecule has 8 heteroatoms. The summed E-state index contributed by atoms with van der Waals surface area (Å²) in [6.45, 7) is 2.41. The minimum Gasteiger partial charge on any atom is -0.476 e. The Bertz CT molecular complexity index is 870. The third kappa shape index (κ3) is 4.15. The molecule has 1 N–H and O–H groups in total. The molecule has 2 aromatic heterocycles. The molecule has 8 nitrogen and oxygen atoms in total. The Hall–Kier alpha value is -2.51. The van der Waals surface area contributed by atoms with Crippen molar-refractivity contribution in [3.63, 3.8) is 0 Å². The van der Waals surface area contributed by atoms with Crippen LogP contribution in [0.3, 0.4) is 0 Å². The van der Waals surface area contributed by atoms with Crippen molar-refractivity contribution in [1.82, 2.24) is 25.4 Å². The van der Waals surface area contributed by atoms with Gasteiger partial charge in [0, 0.05) is 12.8 Å². The molecule has 5 rings (SSSR count). The van der Waals surface area contributed by atoms with Gasteiger partial charge in [0.05, 0.1) is 18.8 Å². The first kappa shape index (κ1) is 17.6. The first-order valence-electron chi connectivity index (χ1n) is 10.3. The van der Waals surface area contributed by atoms with Gasteiger partial charge >= 0.3 is 0 Å². The van der Waals surface area contributed by atoms with E-state index in [0.29, 0.717) is 42.0 Å². The summed E-state index contributed by atoms with van der Waals surface area (Å²) >= 11 is 0. The number of aryl methyl sites for hydroxylation is 1. The number of rotatable bonds is 9. The molecular formula is C20H25N5O3. The summed E-state index contributed by atoms with van der Waals surface area (Å²) in [4.78, 5) is 26.2. The Morgan fingerprint density at radius 1 is 1.21 bits per heavy atom. The number of hydrogen-bond donors (Lipinski definition) is 1. The third-order valence-electron chi connectivity index (χ3n) is 5.54. The number of hydrogen-bond acceptors (Lipinski definition) is 7. The summed E-state index contributed by atoms with van der Waals surface area (Å²) in [6.07, 6.45) is 9.36. The molecule has 0 bridgehead atoms. The third-order valence-corrected chi connectivity index (χ3v) is 5.54. The van der Waals surface area contributed by atoms with E-state index < -0.39 is 0 Å². The van der Waals surface area contributed by atoms with Crippen molar-refractivity contribution in [3.8, 4) is 5.88 Å². The van der Waals surface area contributed by atoms with Crippen molar-refractivity contribution in [2.24, 2.45) is 11.8 Å². The number of amides is 1. The standard InChI is InChI=1S/C20H25N5O3/c1-11-22-18(25-28-11)15(8-12-2-3-12)23-19(26)16-9-21-17(14-6-7-14)20(24-16)27-10-13-4-5-13/h9,12-15H,2-8,10H2,1H3,(H,23,26)/t15-/m0/s1. The Balaban J connectivity index is 1.33. The second-order valence-electron chi connectivity index (χ2n) is 8.35. The molecule has 0 radical (unpaired) electrons. The van der Waals surface area contributed by atoms with Crippen molar-refractivity contribution < 1.29 is 14.1 Å². The zero-order chi connectivity index (χ0) is 19.1. The molecular weight excluding hydrogens is 358 g/mol. The van der Waals surface area contributed by atoms with Gasteiger partial charge in [-0.25, -0.2) is 4.98 Å². The number of carbonyl (C=O) groups is 1. The molecule has 0 spiro atoms. The van der Waals surface area contributed by atoms with Crippen LogP contribution in [0.4, 0.5) is 0 Å². The highest BCUT2D eigenvalue weighted by Gasteiger charge is 2.33. The van der Waals surface area contributed by atoms with Gasteiger partial charge < -0.3 is 14.6 Å². The lowest BCUT2D eigenvalue weighted by atomic mass is 10.1. The maximum atomic E-state index is 12.9. The minimum atomic E-state index is -0.279. The first-order valence-corrected chi connectivity index (χ1v) is 10.3. The van der Waals surface area contributed by atoms with Gasteiger partial charge in [0.15, 0.2) is 5.82 Å². The van der Waals surface area contributed by atoms with Gasteiger partial charge in [-0.15, -0.1) is 0 Å². The van der Waals surface area contributed by atoms with Gasteiger partial charge in [-0.1, -0.05) is 18.0 Å². The summed E-state index contributed by atoms with van der Waals surface area (Å²) in [5, 5.41) is 7.02. The van der Waals surface area contributed by atoms with Gasteiger partial charge in [0.25, 0.3) is 5.91 Å². The largest absolute Gasteiger partial charge is 0.476 e. The second-order valence-corrected chi connectivity index (χ2v) is 8.35. The van der Waals surface area contributed by atoms with E-state index in [2.05, 4.69) is 25.4 Å². The van der Waals surface area contributed by atoms with Gasteiger partial charge in [-0.05, 0) is 43.9 Å². The van der Waals surface area contributed by atoms with E-state index in [4.69, 9.17) is 9.26 Å². The van der Waals surface area contributed by atoms with Crippen molar-refractivity contribution in [2.75, 3.05) is 6.61 Å². The van der Waals surface area contributed by atoms with Crippen molar-refractivity contribution >= 4 is 5.91 Å². The van der Waals surface area contributed by atoms with E-state index in [9.17, 15) is 4.79 Å². The highest BCUT2D eigenvalue weighted by molar-refractivity contribution is 5.92. The molecule has 1 atom stereocenters. The smallest absolute Gasteiger partial charge is 0.272 e. The second kappa shape index (κ2) is 7.14. The SMILES string of the molecule is Cc1nc([C@H](CC2CC2)NC(=O)c2cnc(C3CC3)c(OCC3CC3)n2)no1. The maximum absolute atomic E-state index is 12.9. The van der Waals surface area contributed by atoms with Crippen LogP contribution in [0.15, 0.2) is 10.7 Å². The molecule has 148 valence electrons. The lowest BCUT2D eigenvalue weighted by Crippen LogP contribution is -2.30. The summed E-state index contributed by atoms with van der Waals surface area (Å²) in [6, 6.07) is -0.279. The fourth-order valence-corrected chi connectivity index (χ4v) is 3.32. The topological polar surface area (TPSA) is 103 Å². The van der Waals surface area contributed by atoms with E-state index in [1.807, 2.05) is 0 Å². The Labute approximate surface area is 163 Å². The average Bonchev–Trinajstić information content (AvgIpc) is 3.55.